The van der Waals surface area contributed by atoms with Crippen molar-refractivity contribution in [2.45, 2.75) is 38.5 Å². The fourth-order valence-corrected chi connectivity index (χ4v) is 5.34. The van der Waals surface area contributed by atoms with Gasteiger partial charge in [-0.3, -0.25) is 9.59 Å². The van der Waals surface area contributed by atoms with E-state index < -0.39 is 12.1 Å². The minimum absolute atomic E-state index is 0.0346. The van der Waals surface area contributed by atoms with Gasteiger partial charge >= 0.3 is 12.1 Å². The molecule has 2 atom stereocenters. The summed E-state index contributed by atoms with van der Waals surface area (Å²) in [5.41, 5.74) is 4.76. The number of fused-ring (bicyclic) bond motifs is 3. The highest BCUT2D eigenvalue weighted by molar-refractivity contribution is 5.81. The monoisotopic (exact) mass is 464 g/mol. The number of hydrogen-bond acceptors (Lipinski definition) is 4. The molecule has 2 unspecified atom stereocenters. The highest BCUT2D eigenvalue weighted by Crippen LogP contribution is 2.44. The molecule has 34 heavy (non-hydrogen) atoms. The molecule has 7 heteroatoms. The number of likely N-dealkylation sites (N-methyl/N-ethyl adjacent to an activating group) is 1. The molecule has 2 aliphatic carbocycles. The zero-order chi connectivity index (χ0) is 24.1. The van der Waals surface area contributed by atoms with E-state index in [4.69, 9.17) is 9.84 Å². The van der Waals surface area contributed by atoms with Crippen molar-refractivity contribution in [3.63, 3.8) is 0 Å². The Kier molecular flexibility index (Phi) is 7.50. The molecule has 0 bridgehead atoms. The third kappa shape index (κ3) is 5.41. The molecule has 0 aromatic heterocycles. The summed E-state index contributed by atoms with van der Waals surface area (Å²) in [4.78, 5) is 37.1. The van der Waals surface area contributed by atoms with E-state index in [2.05, 4.69) is 29.6 Å². The molecule has 2 aliphatic rings. The highest BCUT2D eigenvalue weighted by atomic mass is 16.5. The number of alkyl carbamates (subject to hydrolysis) is 1. The summed E-state index contributed by atoms with van der Waals surface area (Å²) in [6, 6.07) is 16.5. The summed E-state index contributed by atoms with van der Waals surface area (Å²) in [5.74, 6) is -0.545. The van der Waals surface area contributed by atoms with E-state index in [1.165, 1.54) is 27.2 Å². The molecule has 0 heterocycles. The van der Waals surface area contributed by atoms with Crippen LogP contribution in [0.3, 0.4) is 0 Å². The molecule has 0 spiro atoms. The van der Waals surface area contributed by atoms with Gasteiger partial charge in [-0.2, -0.15) is 0 Å². The van der Waals surface area contributed by atoms with Crippen LogP contribution in [0.5, 0.6) is 0 Å². The van der Waals surface area contributed by atoms with Crippen LogP contribution in [0.15, 0.2) is 48.5 Å². The van der Waals surface area contributed by atoms with E-state index in [1.807, 2.05) is 24.3 Å². The number of nitrogens with one attached hydrogen (secondary N) is 1. The van der Waals surface area contributed by atoms with Crippen LogP contribution >= 0.6 is 0 Å². The van der Waals surface area contributed by atoms with Crippen LogP contribution in [0, 0.1) is 11.8 Å². The molecule has 2 aromatic rings. The van der Waals surface area contributed by atoms with Gasteiger partial charge in [-0.05, 0) is 60.3 Å². The quantitative estimate of drug-likeness (QED) is 0.578. The van der Waals surface area contributed by atoms with Crippen LogP contribution in [0.2, 0.25) is 0 Å². The average molecular weight is 465 g/mol. The molecule has 0 radical (unpaired) electrons. The number of aliphatic carboxylic acids is 1. The molecule has 180 valence electrons. The van der Waals surface area contributed by atoms with E-state index in [9.17, 15) is 14.4 Å². The standard InChI is InChI=1S/C27H32N2O5/c1-2-29(16-26(31)32)25(30)14-18-11-12-19(13-18)15-28-27(33)34-17-24-22-9-5-3-7-20(22)21-8-4-6-10-23(21)24/h3-10,18-19,24H,2,11-17H2,1H3,(H,28,33)(H,31,32). The van der Waals surface area contributed by atoms with Gasteiger partial charge in [0.2, 0.25) is 5.91 Å². The van der Waals surface area contributed by atoms with Crippen molar-refractivity contribution in [2.24, 2.45) is 11.8 Å². The number of benzene rings is 2. The van der Waals surface area contributed by atoms with Crippen molar-refractivity contribution in [1.29, 1.82) is 0 Å². The van der Waals surface area contributed by atoms with Gasteiger partial charge in [0.25, 0.3) is 0 Å². The fourth-order valence-electron chi connectivity index (χ4n) is 5.34. The first-order valence-electron chi connectivity index (χ1n) is 12.0. The van der Waals surface area contributed by atoms with Crippen LogP contribution in [-0.2, 0) is 14.3 Å². The van der Waals surface area contributed by atoms with Crippen LogP contribution in [0.1, 0.15) is 49.7 Å². The summed E-state index contributed by atoms with van der Waals surface area (Å²) in [5, 5.41) is 11.8. The van der Waals surface area contributed by atoms with Crippen LogP contribution in [0.25, 0.3) is 11.1 Å². The lowest BCUT2D eigenvalue weighted by atomic mass is 9.98. The van der Waals surface area contributed by atoms with E-state index in [0.29, 0.717) is 25.4 Å². The highest BCUT2D eigenvalue weighted by Gasteiger charge is 2.30. The van der Waals surface area contributed by atoms with E-state index in [-0.39, 0.29) is 30.9 Å². The number of carboxylic acids is 1. The van der Waals surface area contributed by atoms with Crippen LogP contribution in [-0.4, -0.2) is 54.2 Å². The fraction of sp³-hybridized carbons (Fsp3) is 0.444. The van der Waals surface area contributed by atoms with Crippen molar-refractivity contribution < 1.29 is 24.2 Å². The Hall–Kier alpha value is -3.35. The first-order chi connectivity index (χ1) is 16.5. The lowest BCUT2D eigenvalue weighted by molar-refractivity contribution is -0.144. The second-order valence-corrected chi connectivity index (χ2v) is 9.26. The van der Waals surface area contributed by atoms with Crippen molar-refractivity contribution in [3.8, 4) is 11.1 Å². The predicted octanol–water partition coefficient (Wildman–Crippen LogP) is 4.26. The molecule has 7 nitrogen and oxygen atoms in total. The number of carbonyl (C=O) groups excluding carboxylic acids is 2. The summed E-state index contributed by atoms with van der Waals surface area (Å²) in [6.07, 6.45) is 2.64. The minimum atomic E-state index is -0.994. The summed E-state index contributed by atoms with van der Waals surface area (Å²) in [6.45, 7) is 2.74. The molecular formula is C27H32N2O5. The van der Waals surface area contributed by atoms with Crippen molar-refractivity contribution in [1.82, 2.24) is 10.2 Å². The molecule has 2 amide bonds. The third-order valence-corrected chi connectivity index (χ3v) is 7.05. The average Bonchev–Trinajstić information content (AvgIpc) is 3.41. The molecule has 1 fully saturated rings. The number of amides is 2. The second-order valence-electron chi connectivity index (χ2n) is 9.26. The van der Waals surface area contributed by atoms with Gasteiger partial charge in [0.1, 0.15) is 13.2 Å². The minimum Gasteiger partial charge on any atom is -0.480 e. The third-order valence-electron chi connectivity index (χ3n) is 7.05. The zero-order valence-corrected chi connectivity index (χ0v) is 19.5. The number of carboxylic acid groups (broad SMARTS) is 1. The van der Waals surface area contributed by atoms with Gasteiger partial charge in [0.05, 0.1) is 0 Å². The van der Waals surface area contributed by atoms with E-state index in [1.54, 1.807) is 6.92 Å². The van der Waals surface area contributed by atoms with Crippen molar-refractivity contribution >= 4 is 18.0 Å². The van der Waals surface area contributed by atoms with Gasteiger partial charge in [0.15, 0.2) is 0 Å². The SMILES string of the molecule is CCN(CC(=O)O)C(=O)CC1CCC(CNC(=O)OCC2c3ccccc3-c3ccccc32)C1. The first-order valence-corrected chi connectivity index (χ1v) is 12.0. The number of ether oxygens (including phenoxy) is 1. The Morgan fingerprint density at radius 3 is 2.24 bits per heavy atom. The summed E-state index contributed by atoms with van der Waals surface area (Å²) < 4.78 is 5.61. The maximum atomic E-state index is 12.4. The molecular weight excluding hydrogens is 432 g/mol. The Labute approximate surface area is 200 Å². The first kappa shape index (κ1) is 23.8. The predicted molar refractivity (Wildman–Crippen MR) is 128 cm³/mol. The van der Waals surface area contributed by atoms with Gasteiger partial charge < -0.3 is 20.1 Å². The molecule has 2 aromatic carbocycles. The van der Waals surface area contributed by atoms with E-state index in [0.717, 1.165) is 19.3 Å². The molecule has 4 rings (SSSR count). The zero-order valence-electron chi connectivity index (χ0n) is 19.5. The molecule has 2 N–H and O–H groups in total. The number of nitrogens with zero attached hydrogens (tertiary/aromatic N) is 1. The largest absolute Gasteiger partial charge is 0.480 e. The topological polar surface area (TPSA) is 95.9 Å². The number of carbonyl (C=O) groups is 3. The maximum absolute atomic E-state index is 12.4. The van der Waals surface area contributed by atoms with Crippen molar-refractivity contribution in [3.05, 3.63) is 59.7 Å². The van der Waals surface area contributed by atoms with Crippen LogP contribution in [0.4, 0.5) is 4.79 Å². The Morgan fingerprint density at radius 2 is 1.62 bits per heavy atom. The maximum Gasteiger partial charge on any atom is 0.407 e. The number of hydrogen-bond donors (Lipinski definition) is 2. The van der Waals surface area contributed by atoms with Gasteiger partial charge in [-0.25, -0.2) is 4.79 Å². The smallest absolute Gasteiger partial charge is 0.407 e. The number of rotatable bonds is 9. The summed E-state index contributed by atoms with van der Waals surface area (Å²) in [7, 11) is 0. The normalized spacial score (nSPS) is 18.7. The molecule has 0 saturated heterocycles. The van der Waals surface area contributed by atoms with Gasteiger partial charge in [-0.15, -0.1) is 0 Å². The molecule has 1 saturated carbocycles. The van der Waals surface area contributed by atoms with E-state index >= 15 is 0 Å². The second kappa shape index (κ2) is 10.7. The van der Waals surface area contributed by atoms with Gasteiger partial charge in [0, 0.05) is 25.4 Å². The Bertz CT molecular complexity index is 1010. The lowest BCUT2D eigenvalue weighted by Gasteiger charge is -2.20. The lowest BCUT2D eigenvalue weighted by Crippen LogP contribution is -2.36. The van der Waals surface area contributed by atoms with Crippen molar-refractivity contribution in [2.75, 3.05) is 26.2 Å². The van der Waals surface area contributed by atoms with Gasteiger partial charge in [-0.1, -0.05) is 48.5 Å². The summed E-state index contributed by atoms with van der Waals surface area (Å²) >= 11 is 0. The Balaban J connectivity index is 1.23. The Morgan fingerprint density at radius 1 is 1.00 bits per heavy atom. The molecule has 0 aliphatic heterocycles. The van der Waals surface area contributed by atoms with Crippen LogP contribution < -0.4 is 5.32 Å².